The average molecular weight is 241 g/mol. The Morgan fingerprint density at radius 1 is 1.35 bits per heavy atom. The molecule has 98 valence electrons. The third kappa shape index (κ3) is 3.12. The van der Waals surface area contributed by atoms with Gasteiger partial charge in [0.1, 0.15) is 0 Å². The van der Waals surface area contributed by atoms with Crippen molar-refractivity contribution in [2.45, 2.75) is 39.2 Å². The van der Waals surface area contributed by atoms with Crippen LogP contribution in [0.1, 0.15) is 33.1 Å². The predicted molar refractivity (Wildman–Crippen MR) is 66.1 cm³/mol. The minimum Gasteiger partial charge on any atom is -0.450 e. The number of hydrogen-bond donors (Lipinski definition) is 1. The van der Waals surface area contributed by atoms with E-state index in [0.717, 1.165) is 38.1 Å². The summed E-state index contributed by atoms with van der Waals surface area (Å²) in [5, 5.41) is 0. The second-order valence-corrected chi connectivity index (χ2v) is 5.46. The van der Waals surface area contributed by atoms with E-state index in [-0.39, 0.29) is 6.09 Å². The third-order valence-electron chi connectivity index (χ3n) is 4.20. The van der Waals surface area contributed by atoms with Gasteiger partial charge in [-0.1, -0.05) is 6.92 Å². The van der Waals surface area contributed by atoms with Crippen molar-refractivity contribution < 1.29 is 14.4 Å². The summed E-state index contributed by atoms with van der Waals surface area (Å²) in [6.45, 7) is 8.60. The van der Waals surface area contributed by atoms with Gasteiger partial charge >= 0.3 is 6.09 Å². The molecule has 2 atom stereocenters. The van der Waals surface area contributed by atoms with E-state index in [1.54, 1.807) is 4.90 Å². The van der Waals surface area contributed by atoms with Crippen molar-refractivity contribution in [2.24, 2.45) is 5.92 Å². The summed E-state index contributed by atoms with van der Waals surface area (Å²) in [6.07, 6.45) is 3.99. The topological polar surface area (TPSA) is 34.0 Å². The van der Waals surface area contributed by atoms with E-state index in [9.17, 15) is 4.79 Å². The number of nitrogens with one attached hydrogen (secondary N) is 1. The normalized spacial score (nSPS) is 30.6. The van der Waals surface area contributed by atoms with Crippen LogP contribution in [0.25, 0.3) is 0 Å². The first kappa shape index (κ1) is 12.7. The summed E-state index contributed by atoms with van der Waals surface area (Å²) >= 11 is 0. The second kappa shape index (κ2) is 5.71. The van der Waals surface area contributed by atoms with E-state index in [1.165, 1.54) is 19.3 Å². The van der Waals surface area contributed by atoms with Gasteiger partial charge in [0, 0.05) is 6.42 Å². The lowest BCUT2D eigenvalue weighted by Crippen LogP contribution is -3.18. The van der Waals surface area contributed by atoms with Crippen LogP contribution in [0.4, 0.5) is 4.79 Å². The van der Waals surface area contributed by atoms with Crippen LogP contribution >= 0.6 is 0 Å². The Balaban J connectivity index is 1.76. The number of rotatable bonds is 2. The number of ether oxygens (including phenoxy) is 1. The fraction of sp³-hybridized carbons (Fsp3) is 0.923. The van der Waals surface area contributed by atoms with E-state index < -0.39 is 0 Å². The van der Waals surface area contributed by atoms with Gasteiger partial charge < -0.3 is 9.64 Å². The summed E-state index contributed by atoms with van der Waals surface area (Å²) in [5.74, 6) is 0.899. The van der Waals surface area contributed by atoms with Crippen LogP contribution in [0.2, 0.25) is 0 Å². The quantitative estimate of drug-likeness (QED) is 0.765. The number of carbonyl (C=O) groups excluding carboxylic acids is 1. The first-order valence-corrected chi connectivity index (χ1v) is 6.97. The predicted octanol–water partition coefficient (Wildman–Crippen LogP) is 0.532. The fourth-order valence-corrected chi connectivity index (χ4v) is 3.18. The van der Waals surface area contributed by atoms with Crippen molar-refractivity contribution in [2.75, 3.05) is 32.8 Å². The highest BCUT2D eigenvalue weighted by molar-refractivity contribution is 5.67. The average Bonchev–Trinajstić information content (AvgIpc) is 2.76. The van der Waals surface area contributed by atoms with E-state index >= 15 is 0 Å². The summed E-state index contributed by atoms with van der Waals surface area (Å²) in [4.78, 5) is 15.1. The third-order valence-corrected chi connectivity index (χ3v) is 4.20. The highest BCUT2D eigenvalue weighted by Crippen LogP contribution is 2.22. The molecule has 0 aromatic heterocycles. The van der Waals surface area contributed by atoms with Crippen LogP contribution < -0.4 is 4.90 Å². The van der Waals surface area contributed by atoms with Crippen LogP contribution in [-0.4, -0.2) is 49.8 Å². The van der Waals surface area contributed by atoms with Gasteiger partial charge in [0.15, 0.2) is 0 Å². The van der Waals surface area contributed by atoms with Gasteiger partial charge in [0.05, 0.1) is 38.8 Å². The van der Waals surface area contributed by atoms with Gasteiger partial charge in [-0.15, -0.1) is 0 Å². The monoisotopic (exact) mass is 241 g/mol. The highest BCUT2D eigenvalue weighted by Gasteiger charge is 2.33. The first-order chi connectivity index (χ1) is 8.20. The molecule has 1 aliphatic carbocycles. The summed E-state index contributed by atoms with van der Waals surface area (Å²) in [5.41, 5.74) is 0. The van der Waals surface area contributed by atoms with E-state index in [1.807, 2.05) is 11.8 Å². The molecule has 1 aliphatic heterocycles. The van der Waals surface area contributed by atoms with Gasteiger partial charge in [0.25, 0.3) is 0 Å². The number of nitrogens with zero attached hydrogens (tertiary/aromatic N) is 1. The van der Waals surface area contributed by atoms with Crippen molar-refractivity contribution in [3.8, 4) is 0 Å². The van der Waals surface area contributed by atoms with Crippen LogP contribution in [0.5, 0.6) is 0 Å². The molecular weight excluding hydrogens is 216 g/mol. The number of piperazine rings is 1. The molecule has 2 rings (SSSR count). The van der Waals surface area contributed by atoms with Crippen molar-refractivity contribution in [1.82, 2.24) is 4.90 Å². The number of amides is 1. The molecule has 1 heterocycles. The lowest BCUT2D eigenvalue weighted by atomic mass is 10.1. The fourth-order valence-electron chi connectivity index (χ4n) is 3.18. The maximum absolute atomic E-state index is 11.6. The molecule has 4 heteroatoms. The Labute approximate surface area is 104 Å². The summed E-state index contributed by atoms with van der Waals surface area (Å²) in [6, 6.07) is 0.842. The molecule has 0 aromatic carbocycles. The van der Waals surface area contributed by atoms with Crippen molar-refractivity contribution >= 4 is 6.09 Å². The van der Waals surface area contributed by atoms with Crippen LogP contribution in [-0.2, 0) is 4.74 Å². The van der Waals surface area contributed by atoms with Gasteiger partial charge in [-0.25, -0.2) is 4.79 Å². The van der Waals surface area contributed by atoms with Gasteiger partial charge in [-0.05, 0) is 25.7 Å². The van der Waals surface area contributed by atoms with Crippen molar-refractivity contribution in [1.29, 1.82) is 0 Å². The number of quaternary nitrogens is 1. The molecule has 2 aliphatic rings. The van der Waals surface area contributed by atoms with E-state index in [0.29, 0.717) is 6.61 Å². The van der Waals surface area contributed by atoms with Gasteiger partial charge in [0.2, 0.25) is 0 Å². The zero-order valence-electron chi connectivity index (χ0n) is 11.1. The standard InChI is InChI=1S/C13H24N2O2/c1-3-17-13(16)15-8-6-14(7-9-15)12-5-4-11(2)10-12/h11-12H,3-10H2,1-2H3/p+1/t11-,12+/m1/s1. The van der Waals surface area contributed by atoms with Crippen molar-refractivity contribution in [3.63, 3.8) is 0 Å². The molecule has 0 unspecified atom stereocenters. The zero-order chi connectivity index (χ0) is 12.3. The molecule has 0 spiro atoms. The smallest absolute Gasteiger partial charge is 0.410 e. The van der Waals surface area contributed by atoms with Crippen LogP contribution in [0.15, 0.2) is 0 Å². The Hall–Kier alpha value is -0.770. The molecule has 0 bridgehead atoms. The molecule has 1 N–H and O–H groups in total. The van der Waals surface area contributed by atoms with Gasteiger partial charge in [-0.2, -0.15) is 0 Å². The Morgan fingerprint density at radius 2 is 2.06 bits per heavy atom. The summed E-state index contributed by atoms with van der Waals surface area (Å²) < 4.78 is 5.04. The molecule has 1 saturated carbocycles. The Bertz CT molecular complexity index is 262. The SMILES string of the molecule is CCOC(=O)N1CC[NH+]([C@H]2CC[C@@H](C)C2)CC1. The largest absolute Gasteiger partial charge is 0.450 e. The van der Waals surface area contributed by atoms with Gasteiger partial charge in [-0.3, -0.25) is 4.90 Å². The molecule has 2 fully saturated rings. The van der Waals surface area contributed by atoms with Crippen LogP contribution in [0.3, 0.4) is 0 Å². The Morgan fingerprint density at radius 3 is 2.59 bits per heavy atom. The first-order valence-electron chi connectivity index (χ1n) is 6.97. The second-order valence-electron chi connectivity index (χ2n) is 5.46. The molecule has 1 amide bonds. The summed E-state index contributed by atoms with van der Waals surface area (Å²) in [7, 11) is 0. The molecule has 4 nitrogen and oxygen atoms in total. The zero-order valence-corrected chi connectivity index (χ0v) is 11.1. The molecule has 17 heavy (non-hydrogen) atoms. The number of carbonyl (C=O) groups is 1. The van der Waals surface area contributed by atoms with E-state index in [2.05, 4.69) is 6.92 Å². The van der Waals surface area contributed by atoms with Crippen molar-refractivity contribution in [3.05, 3.63) is 0 Å². The molecule has 0 radical (unpaired) electrons. The van der Waals surface area contributed by atoms with E-state index in [4.69, 9.17) is 4.74 Å². The molecular formula is C13H25N2O2+. The minimum absolute atomic E-state index is 0.133. The molecule has 0 aromatic rings. The lowest BCUT2D eigenvalue weighted by molar-refractivity contribution is -0.928. The minimum atomic E-state index is -0.133. The number of hydrogen-bond acceptors (Lipinski definition) is 2. The molecule has 1 saturated heterocycles. The Kier molecular flexibility index (Phi) is 4.26. The maximum atomic E-state index is 11.6. The highest BCUT2D eigenvalue weighted by atomic mass is 16.6. The van der Waals surface area contributed by atoms with Crippen LogP contribution in [0, 0.1) is 5.92 Å². The lowest BCUT2D eigenvalue weighted by Gasteiger charge is -2.34. The maximum Gasteiger partial charge on any atom is 0.410 e.